The molecule has 0 radical (unpaired) electrons. The number of hydrogen-bond donors (Lipinski definition) is 2. The van der Waals surface area contributed by atoms with Crippen LogP contribution in [-0.2, 0) is 6.54 Å². The Labute approximate surface area is 109 Å². The number of hydrogen-bond acceptors (Lipinski definition) is 3. The zero-order chi connectivity index (χ0) is 12.4. The number of nitrogens with zero attached hydrogens (tertiary/aromatic N) is 1. The van der Waals surface area contributed by atoms with Gasteiger partial charge in [0.25, 0.3) is 0 Å². The highest BCUT2D eigenvalue weighted by atomic mass is 16.3. The minimum atomic E-state index is 0.0768. The summed E-state index contributed by atoms with van der Waals surface area (Å²) < 4.78 is 0. The van der Waals surface area contributed by atoms with Crippen molar-refractivity contribution >= 4 is 0 Å². The van der Waals surface area contributed by atoms with E-state index in [0.717, 1.165) is 32.5 Å². The van der Waals surface area contributed by atoms with Gasteiger partial charge < -0.3 is 10.4 Å². The largest absolute Gasteiger partial charge is 0.394 e. The zero-order valence-corrected chi connectivity index (χ0v) is 10.8. The highest BCUT2D eigenvalue weighted by Gasteiger charge is 2.44. The quantitative estimate of drug-likeness (QED) is 0.824. The minimum absolute atomic E-state index is 0.0768. The summed E-state index contributed by atoms with van der Waals surface area (Å²) in [6, 6.07) is 11.2. The normalized spacial score (nSPS) is 26.4. The van der Waals surface area contributed by atoms with Crippen LogP contribution in [0.1, 0.15) is 24.8 Å². The van der Waals surface area contributed by atoms with E-state index in [4.69, 9.17) is 0 Å². The number of rotatable bonds is 5. The molecule has 1 heterocycles. The Morgan fingerprint density at radius 3 is 2.72 bits per heavy atom. The highest BCUT2D eigenvalue weighted by molar-refractivity contribution is 5.15. The molecule has 1 saturated carbocycles. The fraction of sp³-hybridized carbons (Fsp3) is 0.600. The first-order valence-corrected chi connectivity index (χ1v) is 6.94. The molecule has 98 valence electrons. The van der Waals surface area contributed by atoms with Crippen LogP contribution in [0.5, 0.6) is 0 Å². The minimum Gasteiger partial charge on any atom is -0.394 e. The predicted molar refractivity (Wildman–Crippen MR) is 72.3 cm³/mol. The Bertz CT molecular complexity index is 389. The fourth-order valence-corrected chi connectivity index (χ4v) is 2.87. The lowest BCUT2D eigenvalue weighted by molar-refractivity contribution is 0.216. The predicted octanol–water partition coefficient (Wildman–Crippen LogP) is 1.38. The Morgan fingerprint density at radius 2 is 2.06 bits per heavy atom. The summed E-state index contributed by atoms with van der Waals surface area (Å²) >= 11 is 0. The third-order valence-electron chi connectivity index (χ3n) is 4.19. The fourth-order valence-electron chi connectivity index (χ4n) is 2.87. The van der Waals surface area contributed by atoms with Gasteiger partial charge in [-0.1, -0.05) is 30.3 Å². The number of aliphatic hydroxyl groups excluding tert-OH is 1. The van der Waals surface area contributed by atoms with Gasteiger partial charge >= 0.3 is 0 Å². The van der Waals surface area contributed by atoms with Gasteiger partial charge in [-0.2, -0.15) is 0 Å². The Kier molecular flexibility index (Phi) is 3.37. The number of aliphatic hydroxyl groups is 1. The molecule has 1 aromatic carbocycles. The molecule has 0 aromatic heterocycles. The zero-order valence-electron chi connectivity index (χ0n) is 10.8. The lowest BCUT2D eigenvalue weighted by atomic mass is 10.2. The molecule has 3 nitrogen and oxygen atoms in total. The summed E-state index contributed by atoms with van der Waals surface area (Å²) in [5.74, 6) is 0. The van der Waals surface area contributed by atoms with Crippen LogP contribution in [0.3, 0.4) is 0 Å². The number of nitrogens with one attached hydrogen (secondary N) is 1. The van der Waals surface area contributed by atoms with Gasteiger partial charge in [0.1, 0.15) is 0 Å². The van der Waals surface area contributed by atoms with Crippen LogP contribution < -0.4 is 5.32 Å². The SMILES string of the molecule is OCC1(NC2CCN(Cc3ccccc3)C2)CC1. The van der Waals surface area contributed by atoms with Crippen LogP contribution in [0.2, 0.25) is 0 Å². The second kappa shape index (κ2) is 5.00. The molecule has 1 aromatic rings. The second-order valence-electron chi connectivity index (χ2n) is 5.79. The third-order valence-corrected chi connectivity index (χ3v) is 4.19. The molecule has 1 saturated heterocycles. The summed E-state index contributed by atoms with van der Waals surface area (Å²) in [6.07, 6.45) is 3.48. The summed E-state index contributed by atoms with van der Waals surface area (Å²) in [5, 5.41) is 13.0. The molecule has 1 aliphatic heterocycles. The van der Waals surface area contributed by atoms with E-state index in [-0.39, 0.29) is 5.54 Å². The Morgan fingerprint density at radius 1 is 1.28 bits per heavy atom. The molecule has 0 amide bonds. The molecular weight excluding hydrogens is 224 g/mol. The van der Waals surface area contributed by atoms with Crippen molar-refractivity contribution in [3.8, 4) is 0 Å². The van der Waals surface area contributed by atoms with Crippen LogP contribution >= 0.6 is 0 Å². The number of likely N-dealkylation sites (tertiary alicyclic amines) is 1. The molecule has 0 bridgehead atoms. The standard InChI is InChI=1S/C15H22N2O/c18-12-15(7-8-15)16-14-6-9-17(11-14)10-13-4-2-1-3-5-13/h1-5,14,16,18H,6-12H2. The van der Waals surface area contributed by atoms with Gasteiger partial charge in [0.2, 0.25) is 0 Å². The van der Waals surface area contributed by atoms with Gasteiger partial charge in [-0.15, -0.1) is 0 Å². The monoisotopic (exact) mass is 246 g/mol. The summed E-state index contributed by atoms with van der Waals surface area (Å²) in [4.78, 5) is 2.50. The maximum Gasteiger partial charge on any atom is 0.0613 e. The maximum absolute atomic E-state index is 9.34. The van der Waals surface area contributed by atoms with E-state index < -0.39 is 0 Å². The summed E-state index contributed by atoms with van der Waals surface area (Å²) in [7, 11) is 0. The van der Waals surface area contributed by atoms with E-state index in [0.29, 0.717) is 12.6 Å². The van der Waals surface area contributed by atoms with Crippen molar-refractivity contribution in [1.82, 2.24) is 10.2 Å². The van der Waals surface area contributed by atoms with Gasteiger partial charge in [-0.25, -0.2) is 0 Å². The molecule has 2 N–H and O–H groups in total. The van der Waals surface area contributed by atoms with Gasteiger partial charge in [0, 0.05) is 31.2 Å². The molecule has 1 unspecified atom stereocenters. The van der Waals surface area contributed by atoms with Crippen molar-refractivity contribution in [3.63, 3.8) is 0 Å². The first kappa shape index (κ1) is 12.2. The van der Waals surface area contributed by atoms with Crippen molar-refractivity contribution in [2.75, 3.05) is 19.7 Å². The third kappa shape index (κ3) is 2.74. The molecule has 1 atom stereocenters. The van der Waals surface area contributed by atoms with Crippen LogP contribution in [0, 0.1) is 0 Å². The Hall–Kier alpha value is -0.900. The molecule has 3 heteroatoms. The maximum atomic E-state index is 9.34. The van der Waals surface area contributed by atoms with E-state index in [2.05, 4.69) is 40.5 Å². The lowest BCUT2D eigenvalue weighted by Gasteiger charge is -2.21. The highest BCUT2D eigenvalue weighted by Crippen LogP contribution is 2.35. The van der Waals surface area contributed by atoms with Crippen molar-refractivity contribution < 1.29 is 5.11 Å². The van der Waals surface area contributed by atoms with Crippen LogP contribution in [0.15, 0.2) is 30.3 Å². The first-order valence-electron chi connectivity index (χ1n) is 6.94. The molecule has 0 spiro atoms. The molecule has 18 heavy (non-hydrogen) atoms. The Balaban J connectivity index is 1.50. The van der Waals surface area contributed by atoms with Crippen molar-refractivity contribution in [3.05, 3.63) is 35.9 Å². The average Bonchev–Trinajstić information content (AvgIpc) is 3.04. The van der Waals surface area contributed by atoms with Crippen molar-refractivity contribution in [2.24, 2.45) is 0 Å². The van der Waals surface area contributed by atoms with Crippen LogP contribution in [-0.4, -0.2) is 41.3 Å². The van der Waals surface area contributed by atoms with Gasteiger partial charge in [-0.05, 0) is 24.8 Å². The van der Waals surface area contributed by atoms with E-state index >= 15 is 0 Å². The van der Waals surface area contributed by atoms with Gasteiger partial charge in [0.15, 0.2) is 0 Å². The van der Waals surface area contributed by atoms with Crippen LogP contribution in [0.25, 0.3) is 0 Å². The van der Waals surface area contributed by atoms with Crippen LogP contribution in [0.4, 0.5) is 0 Å². The van der Waals surface area contributed by atoms with Gasteiger partial charge in [0.05, 0.1) is 6.61 Å². The molecule has 2 aliphatic rings. The molecule has 1 aliphatic carbocycles. The van der Waals surface area contributed by atoms with E-state index in [1.807, 2.05) is 0 Å². The van der Waals surface area contributed by atoms with Gasteiger partial charge in [-0.3, -0.25) is 4.90 Å². The first-order chi connectivity index (χ1) is 8.80. The average molecular weight is 246 g/mol. The van der Waals surface area contributed by atoms with Crippen molar-refractivity contribution in [2.45, 2.75) is 37.4 Å². The summed E-state index contributed by atoms with van der Waals surface area (Å²) in [5.41, 5.74) is 1.47. The lowest BCUT2D eigenvalue weighted by Crippen LogP contribution is -2.43. The molecule has 2 fully saturated rings. The topological polar surface area (TPSA) is 35.5 Å². The van der Waals surface area contributed by atoms with E-state index in [1.165, 1.54) is 12.0 Å². The van der Waals surface area contributed by atoms with E-state index in [1.54, 1.807) is 0 Å². The molecule has 3 rings (SSSR count). The van der Waals surface area contributed by atoms with E-state index in [9.17, 15) is 5.11 Å². The second-order valence-corrected chi connectivity index (χ2v) is 5.79. The number of benzene rings is 1. The molecular formula is C15H22N2O. The smallest absolute Gasteiger partial charge is 0.0613 e. The summed E-state index contributed by atoms with van der Waals surface area (Å²) in [6.45, 7) is 3.61. The van der Waals surface area contributed by atoms with Crippen molar-refractivity contribution in [1.29, 1.82) is 0 Å².